The summed E-state index contributed by atoms with van der Waals surface area (Å²) in [6.45, 7) is 4.33. The van der Waals surface area contributed by atoms with Crippen LogP contribution >= 0.6 is 0 Å². The van der Waals surface area contributed by atoms with E-state index in [-0.39, 0.29) is 0 Å². The van der Waals surface area contributed by atoms with Crippen LogP contribution < -0.4 is 0 Å². The van der Waals surface area contributed by atoms with Crippen molar-refractivity contribution in [2.75, 3.05) is 14.1 Å². The van der Waals surface area contributed by atoms with Crippen molar-refractivity contribution in [1.29, 1.82) is 0 Å². The Morgan fingerprint density at radius 2 is 1.86 bits per heavy atom. The lowest BCUT2D eigenvalue weighted by Gasteiger charge is -2.39. The first-order valence-electron chi connectivity index (χ1n) is 7.59. The minimum absolute atomic E-state index is 0.335. The number of pyridine rings is 1. The van der Waals surface area contributed by atoms with Crippen molar-refractivity contribution in [3.8, 4) is 11.4 Å². The number of nitrogens with zero attached hydrogens (tertiary/aromatic N) is 5. The zero-order chi connectivity index (χ0) is 15.0. The Balaban J connectivity index is 1.88. The summed E-state index contributed by atoms with van der Waals surface area (Å²) in [6.07, 6.45) is 5.93. The Bertz CT molecular complexity index is 596. The Labute approximate surface area is 126 Å². The van der Waals surface area contributed by atoms with Crippen LogP contribution in [0, 0.1) is 0 Å². The molecule has 0 aliphatic heterocycles. The molecule has 2 heterocycles. The first-order chi connectivity index (χ1) is 10.1. The summed E-state index contributed by atoms with van der Waals surface area (Å²) >= 11 is 0. The van der Waals surface area contributed by atoms with E-state index in [1.54, 1.807) is 12.4 Å². The van der Waals surface area contributed by atoms with E-state index in [2.05, 4.69) is 42.5 Å². The van der Waals surface area contributed by atoms with Gasteiger partial charge >= 0.3 is 0 Å². The molecule has 5 heteroatoms. The third kappa shape index (κ3) is 2.70. The summed E-state index contributed by atoms with van der Waals surface area (Å²) in [6, 6.07) is 4.94. The molecule has 1 fully saturated rings. The lowest BCUT2D eigenvalue weighted by Crippen LogP contribution is -2.40. The van der Waals surface area contributed by atoms with Crippen LogP contribution in [-0.2, 0) is 0 Å². The minimum Gasteiger partial charge on any atom is -0.306 e. The molecule has 1 saturated carbocycles. The van der Waals surface area contributed by atoms with Crippen molar-refractivity contribution in [3.05, 3.63) is 30.4 Å². The molecule has 1 aliphatic carbocycles. The van der Waals surface area contributed by atoms with Gasteiger partial charge in [-0.05, 0) is 52.9 Å². The van der Waals surface area contributed by atoms with Gasteiger partial charge in [-0.3, -0.25) is 4.98 Å². The summed E-state index contributed by atoms with van der Waals surface area (Å²) in [5.74, 6) is 2.48. The molecule has 2 aromatic heterocycles. The number of hydrogen-bond donors (Lipinski definition) is 0. The largest absolute Gasteiger partial charge is 0.306 e. The molecule has 0 bridgehead atoms. The van der Waals surface area contributed by atoms with Gasteiger partial charge in [0.15, 0.2) is 5.82 Å². The predicted octanol–water partition coefficient (Wildman–Crippen LogP) is 2.73. The van der Waals surface area contributed by atoms with Crippen LogP contribution in [0.1, 0.15) is 44.5 Å². The minimum atomic E-state index is 0.335. The maximum atomic E-state index is 4.82. The van der Waals surface area contributed by atoms with E-state index in [1.165, 1.54) is 12.8 Å². The molecular formula is C16H23N5. The molecule has 112 valence electrons. The van der Waals surface area contributed by atoms with Crippen LogP contribution in [0.15, 0.2) is 24.5 Å². The van der Waals surface area contributed by atoms with Gasteiger partial charge in [-0.25, -0.2) is 9.67 Å². The predicted molar refractivity (Wildman–Crippen MR) is 83.1 cm³/mol. The molecule has 1 aliphatic rings. The fourth-order valence-corrected chi connectivity index (χ4v) is 2.84. The first-order valence-corrected chi connectivity index (χ1v) is 7.59. The maximum Gasteiger partial charge on any atom is 0.181 e. The van der Waals surface area contributed by atoms with Gasteiger partial charge in [-0.15, -0.1) is 0 Å². The fourth-order valence-electron chi connectivity index (χ4n) is 2.84. The molecule has 0 atom stereocenters. The molecule has 0 saturated heterocycles. The molecule has 5 nitrogen and oxygen atoms in total. The summed E-state index contributed by atoms with van der Waals surface area (Å²) in [5.41, 5.74) is 1.04. The van der Waals surface area contributed by atoms with Crippen molar-refractivity contribution in [2.45, 2.75) is 44.7 Å². The zero-order valence-electron chi connectivity index (χ0n) is 13.2. The standard InChI is InChI=1S/C16H23N5/c1-11(2)21-16(13-9-14(10-13)20(3)4)18-15(19-21)12-5-7-17-8-6-12/h5-8,11,13-14H,9-10H2,1-4H3. The number of aromatic nitrogens is 4. The lowest BCUT2D eigenvalue weighted by molar-refractivity contribution is 0.157. The molecule has 0 aromatic carbocycles. The van der Waals surface area contributed by atoms with E-state index < -0.39 is 0 Å². The van der Waals surface area contributed by atoms with E-state index in [4.69, 9.17) is 10.1 Å². The average molecular weight is 285 g/mol. The Morgan fingerprint density at radius 3 is 2.43 bits per heavy atom. The highest BCUT2D eigenvalue weighted by atomic mass is 15.4. The van der Waals surface area contributed by atoms with Gasteiger partial charge < -0.3 is 4.90 Å². The van der Waals surface area contributed by atoms with Crippen molar-refractivity contribution in [1.82, 2.24) is 24.6 Å². The smallest absolute Gasteiger partial charge is 0.181 e. The number of hydrogen-bond acceptors (Lipinski definition) is 4. The Hall–Kier alpha value is -1.75. The summed E-state index contributed by atoms with van der Waals surface area (Å²) in [5, 5.41) is 4.72. The molecule has 3 rings (SSSR count). The van der Waals surface area contributed by atoms with Gasteiger partial charge in [0.25, 0.3) is 0 Å². The van der Waals surface area contributed by atoms with Crippen LogP contribution in [0.5, 0.6) is 0 Å². The van der Waals surface area contributed by atoms with Gasteiger partial charge in [-0.1, -0.05) is 0 Å². The molecule has 0 amide bonds. The zero-order valence-corrected chi connectivity index (χ0v) is 13.2. The van der Waals surface area contributed by atoms with E-state index in [1.807, 2.05) is 12.1 Å². The third-order valence-electron chi connectivity index (χ3n) is 4.29. The van der Waals surface area contributed by atoms with Gasteiger partial charge in [0.1, 0.15) is 5.82 Å². The lowest BCUT2D eigenvalue weighted by atomic mass is 9.79. The van der Waals surface area contributed by atoms with Crippen molar-refractivity contribution < 1.29 is 0 Å². The second-order valence-corrected chi connectivity index (χ2v) is 6.35. The molecule has 0 N–H and O–H groups in total. The summed E-state index contributed by atoms with van der Waals surface area (Å²) in [7, 11) is 4.30. The van der Waals surface area contributed by atoms with E-state index in [0.717, 1.165) is 17.2 Å². The molecular weight excluding hydrogens is 262 g/mol. The molecule has 0 spiro atoms. The second-order valence-electron chi connectivity index (χ2n) is 6.35. The van der Waals surface area contributed by atoms with E-state index in [9.17, 15) is 0 Å². The Morgan fingerprint density at radius 1 is 1.19 bits per heavy atom. The summed E-state index contributed by atoms with van der Waals surface area (Å²) in [4.78, 5) is 11.2. The quantitative estimate of drug-likeness (QED) is 0.866. The van der Waals surface area contributed by atoms with Crippen molar-refractivity contribution in [2.24, 2.45) is 0 Å². The van der Waals surface area contributed by atoms with E-state index >= 15 is 0 Å². The van der Waals surface area contributed by atoms with Crippen molar-refractivity contribution >= 4 is 0 Å². The molecule has 0 radical (unpaired) electrons. The highest BCUT2D eigenvalue weighted by Crippen LogP contribution is 2.39. The van der Waals surface area contributed by atoms with Crippen LogP contribution in [-0.4, -0.2) is 44.8 Å². The average Bonchev–Trinajstić information content (AvgIpc) is 2.82. The van der Waals surface area contributed by atoms with Gasteiger partial charge in [0.2, 0.25) is 0 Å². The highest BCUT2D eigenvalue weighted by Gasteiger charge is 2.35. The Kier molecular flexibility index (Phi) is 3.76. The maximum absolute atomic E-state index is 4.82. The van der Waals surface area contributed by atoms with Gasteiger partial charge in [-0.2, -0.15) is 5.10 Å². The molecule has 0 unspecified atom stereocenters. The van der Waals surface area contributed by atoms with Crippen LogP contribution in [0.25, 0.3) is 11.4 Å². The van der Waals surface area contributed by atoms with Crippen LogP contribution in [0.3, 0.4) is 0 Å². The third-order valence-corrected chi connectivity index (χ3v) is 4.29. The molecule has 2 aromatic rings. The SMILES string of the molecule is CC(C)n1nc(-c2ccncc2)nc1C1CC(N(C)C)C1. The summed E-state index contributed by atoms with van der Waals surface area (Å²) < 4.78 is 2.09. The molecule has 21 heavy (non-hydrogen) atoms. The first kappa shape index (κ1) is 14.2. The van der Waals surface area contributed by atoms with Gasteiger partial charge in [0.05, 0.1) is 0 Å². The topological polar surface area (TPSA) is 46.8 Å². The van der Waals surface area contributed by atoms with Crippen LogP contribution in [0.4, 0.5) is 0 Å². The fraction of sp³-hybridized carbons (Fsp3) is 0.562. The van der Waals surface area contributed by atoms with Gasteiger partial charge in [0, 0.05) is 36.0 Å². The second kappa shape index (κ2) is 5.56. The van der Waals surface area contributed by atoms with E-state index in [0.29, 0.717) is 18.0 Å². The number of rotatable bonds is 4. The van der Waals surface area contributed by atoms with Crippen molar-refractivity contribution in [3.63, 3.8) is 0 Å². The van der Waals surface area contributed by atoms with Crippen LogP contribution in [0.2, 0.25) is 0 Å². The monoisotopic (exact) mass is 285 g/mol. The highest BCUT2D eigenvalue weighted by molar-refractivity contribution is 5.53. The normalized spacial score (nSPS) is 21.8.